The molecule has 0 spiro atoms. The van der Waals surface area contributed by atoms with Gasteiger partial charge in [-0.2, -0.15) is 5.10 Å². The van der Waals surface area contributed by atoms with E-state index in [0.717, 1.165) is 35.0 Å². The Morgan fingerprint density at radius 1 is 1.19 bits per heavy atom. The highest BCUT2D eigenvalue weighted by atomic mass is 16.5. The van der Waals surface area contributed by atoms with Gasteiger partial charge in [0.25, 0.3) is 0 Å². The van der Waals surface area contributed by atoms with Crippen molar-refractivity contribution in [3.63, 3.8) is 0 Å². The molecular weight excluding hydrogens is 266 g/mol. The third-order valence-electron chi connectivity index (χ3n) is 3.67. The number of rotatable bonds is 2. The third kappa shape index (κ3) is 1.95. The van der Waals surface area contributed by atoms with Crippen LogP contribution in [0, 0.1) is 0 Å². The summed E-state index contributed by atoms with van der Waals surface area (Å²) in [6.45, 7) is 3.95. The van der Waals surface area contributed by atoms with Crippen LogP contribution in [0.4, 0.5) is 0 Å². The molecule has 0 bridgehead atoms. The van der Waals surface area contributed by atoms with Crippen molar-refractivity contribution in [3.05, 3.63) is 48.0 Å². The lowest BCUT2D eigenvalue weighted by molar-refractivity contribution is 0.105. The molecule has 4 rings (SSSR count). The summed E-state index contributed by atoms with van der Waals surface area (Å²) in [4.78, 5) is 0. The third-order valence-corrected chi connectivity index (χ3v) is 3.67. The quantitative estimate of drug-likeness (QED) is 0.722. The van der Waals surface area contributed by atoms with E-state index in [0.29, 0.717) is 13.2 Å². The van der Waals surface area contributed by atoms with Crippen LogP contribution in [0.3, 0.4) is 0 Å². The van der Waals surface area contributed by atoms with Crippen LogP contribution in [0.15, 0.2) is 36.7 Å². The maximum absolute atomic E-state index is 5.68. The molecule has 1 aliphatic heterocycles. The Hall–Kier alpha value is -2.47. The largest absolute Gasteiger partial charge is 0.369 e. The second-order valence-electron chi connectivity index (χ2n) is 4.98. The summed E-state index contributed by atoms with van der Waals surface area (Å²) >= 11 is 0. The summed E-state index contributed by atoms with van der Waals surface area (Å²) < 4.78 is 9.63. The van der Waals surface area contributed by atoms with E-state index in [-0.39, 0.29) is 0 Å². The van der Waals surface area contributed by atoms with Crippen LogP contribution >= 0.6 is 0 Å². The first-order valence-corrected chi connectivity index (χ1v) is 7.00. The van der Waals surface area contributed by atoms with Crippen LogP contribution in [-0.4, -0.2) is 24.5 Å². The van der Waals surface area contributed by atoms with Crippen molar-refractivity contribution in [1.29, 1.82) is 0 Å². The maximum Gasteiger partial charge on any atom is 0.171 e. The van der Waals surface area contributed by atoms with Gasteiger partial charge in [0.2, 0.25) is 0 Å². The Morgan fingerprint density at radius 3 is 2.95 bits per heavy atom. The van der Waals surface area contributed by atoms with Crippen molar-refractivity contribution >= 4 is 0 Å². The highest BCUT2D eigenvalue weighted by molar-refractivity contribution is 5.58. The van der Waals surface area contributed by atoms with Gasteiger partial charge in [-0.15, -0.1) is 10.2 Å². The van der Waals surface area contributed by atoms with Gasteiger partial charge in [-0.1, -0.05) is 18.2 Å². The predicted octanol–water partition coefficient (Wildman–Crippen LogP) is 2.18. The number of ether oxygens (including phenoxy) is 1. The Bertz CT molecular complexity index is 789. The molecule has 0 radical (unpaired) electrons. The molecule has 3 heterocycles. The fraction of sp³-hybridized carbons (Fsp3) is 0.267. The van der Waals surface area contributed by atoms with Crippen LogP contribution in [0.25, 0.3) is 17.1 Å². The molecule has 6 heteroatoms. The van der Waals surface area contributed by atoms with E-state index in [1.807, 2.05) is 29.2 Å². The summed E-state index contributed by atoms with van der Waals surface area (Å²) in [7, 11) is 0. The standard InChI is InChI=1S/C15H15N5O/c1-2-19-8-12(7-16-19)15-18-17-14-10-21-9-11-5-3-4-6-13(11)20(14)15/h3-8H,2,9-10H2,1H3. The van der Waals surface area contributed by atoms with Crippen molar-refractivity contribution < 1.29 is 4.74 Å². The van der Waals surface area contributed by atoms with Crippen LogP contribution in [-0.2, 0) is 24.5 Å². The van der Waals surface area contributed by atoms with Crippen LogP contribution in [0.1, 0.15) is 18.3 Å². The minimum atomic E-state index is 0.462. The van der Waals surface area contributed by atoms with Crippen LogP contribution in [0.5, 0.6) is 0 Å². The zero-order valence-corrected chi connectivity index (χ0v) is 11.7. The number of hydrogen-bond acceptors (Lipinski definition) is 4. The summed E-state index contributed by atoms with van der Waals surface area (Å²) in [6.07, 6.45) is 3.82. The zero-order chi connectivity index (χ0) is 14.2. The Morgan fingerprint density at radius 2 is 2.10 bits per heavy atom. The molecule has 0 N–H and O–H groups in total. The first kappa shape index (κ1) is 12.3. The summed E-state index contributed by atoms with van der Waals surface area (Å²) in [5.74, 6) is 1.63. The molecule has 0 unspecified atom stereocenters. The van der Waals surface area contributed by atoms with Gasteiger partial charge in [-0.25, -0.2) is 0 Å². The molecule has 0 saturated carbocycles. The molecule has 2 aromatic heterocycles. The highest BCUT2D eigenvalue weighted by Crippen LogP contribution is 2.27. The SMILES string of the molecule is CCn1cc(-c2nnc3n2-c2ccccc2COC3)cn1. The lowest BCUT2D eigenvalue weighted by Gasteiger charge is -2.09. The van der Waals surface area contributed by atoms with Gasteiger partial charge in [-0.05, 0) is 13.0 Å². The van der Waals surface area contributed by atoms with Crippen LogP contribution < -0.4 is 0 Å². The minimum Gasteiger partial charge on any atom is -0.369 e. The molecule has 3 aromatic rings. The van der Waals surface area contributed by atoms with Gasteiger partial charge >= 0.3 is 0 Å². The van der Waals surface area contributed by atoms with E-state index in [4.69, 9.17) is 4.74 Å². The fourth-order valence-electron chi connectivity index (χ4n) is 2.61. The minimum absolute atomic E-state index is 0.462. The molecular formula is C15H15N5O. The monoisotopic (exact) mass is 281 g/mol. The number of fused-ring (bicyclic) bond motifs is 3. The average molecular weight is 281 g/mol. The van der Waals surface area contributed by atoms with E-state index in [9.17, 15) is 0 Å². The Kier molecular flexibility index (Phi) is 2.82. The molecule has 1 aromatic carbocycles. The van der Waals surface area contributed by atoms with Crippen molar-refractivity contribution in [2.75, 3.05) is 0 Å². The fourth-order valence-corrected chi connectivity index (χ4v) is 2.61. The number of hydrogen-bond donors (Lipinski definition) is 0. The van der Waals surface area contributed by atoms with Gasteiger partial charge in [0.1, 0.15) is 6.61 Å². The normalized spacial score (nSPS) is 13.6. The second kappa shape index (κ2) is 4.82. The van der Waals surface area contributed by atoms with Gasteiger partial charge in [-0.3, -0.25) is 9.25 Å². The average Bonchev–Trinajstić information content (AvgIpc) is 3.10. The molecule has 6 nitrogen and oxygen atoms in total. The van der Waals surface area contributed by atoms with Crippen molar-refractivity contribution in [3.8, 4) is 17.1 Å². The number of nitrogens with zero attached hydrogens (tertiary/aromatic N) is 5. The zero-order valence-electron chi connectivity index (χ0n) is 11.7. The Labute approximate surface area is 122 Å². The summed E-state index contributed by atoms with van der Waals surface area (Å²) in [6, 6.07) is 8.19. The number of aromatic nitrogens is 5. The van der Waals surface area contributed by atoms with Crippen molar-refractivity contribution in [2.45, 2.75) is 26.7 Å². The molecule has 0 aliphatic carbocycles. The topological polar surface area (TPSA) is 57.8 Å². The van der Waals surface area contributed by atoms with E-state index >= 15 is 0 Å². The highest BCUT2D eigenvalue weighted by Gasteiger charge is 2.21. The number of benzene rings is 1. The number of para-hydroxylation sites is 1. The van der Waals surface area contributed by atoms with E-state index in [1.165, 1.54) is 0 Å². The maximum atomic E-state index is 5.68. The first-order chi connectivity index (χ1) is 10.4. The van der Waals surface area contributed by atoms with Crippen LogP contribution in [0.2, 0.25) is 0 Å². The predicted molar refractivity (Wildman–Crippen MR) is 76.7 cm³/mol. The molecule has 0 fully saturated rings. The Balaban J connectivity index is 1.92. The van der Waals surface area contributed by atoms with Gasteiger partial charge < -0.3 is 4.74 Å². The van der Waals surface area contributed by atoms with Gasteiger partial charge in [0.05, 0.1) is 24.1 Å². The van der Waals surface area contributed by atoms with E-state index in [1.54, 1.807) is 0 Å². The number of aryl methyl sites for hydroxylation is 1. The van der Waals surface area contributed by atoms with Gasteiger partial charge in [0, 0.05) is 18.3 Å². The molecule has 0 saturated heterocycles. The molecule has 0 atom stereocenters. The molecule has 1 aliphatic rings. The molecule has 0 amide bonds. The summed E-state index contributed by atoms with van der Waals surface area (Å²) in [5, 5.41) is 12.9. The van der Waals surface area contributed by atoms with Crippen molar-refractivity contribution in [2.24, 2.45) is 0 Å². The molecule has 21 heavy (non-hydrogen) atoms. The van der Waals surface area contributed by atoms with Gasteiger partial charge in [0.15, 0.2) is 11.6 Å². The molecule has 106 valence electrons. The van der Waals surface area contributed by atoms with E-state index in [2.05, 4.69) is 38.9 Å². The summed E-state index contributed by atoms with van der Waals surface area (Å²) in [5.41, 5.74) is 3.18. The van der Waals surface area contributed by atoms with E-state index < -0.39 is 0 Å². The lowest BCUT2D eigenvalue weighted by Crippen LogP contribution is -2.02. The lowest BCUT2D eigenvalue weighted by atomic mass is 10.2. The smallest absolute Gasteiger partial charge is 0.171 e. The van der Waals surface area contributed by atoms with Crippen molar-refractivity contribution in [1.82, 2.24) is 24.5 Å². The second-order valence-corrected chi connectivity index (χ2v) is 4.98. The first-order valence-electron chi connectivity index (χ1n) is 7.00.